The Kier molecular flexibility index (Phi) is 4.20. The second-order valence-corrected chi connectivity index (χ2v) is 5.84. The molecule has 2 aromatic rings. The van der Waals surface area contributed by atoms with E-state index in [1.54, 1.807) is 6.08 Å². The minimum Gasteiger partial charge on any atom is -0.350 e. The molecular weight excluding hydrogens is 306 g/mol. The number of carbonyl (C=O) groups is 3. The molecule has 0 aliphatic carbocycles. The molecule has 24 heavy (non-hydrogen) atoms. The quantitative estimate of drug-likeness (QED) is 0.693. The lowest BCUT2D eigenvalue weighted by atomic mass is 10.1. The third-order valence-corrected chi connectivity index (χ3v) is 4.15. The van der Waals surface area contributed by atoms with Gasteiger partial charge >= 0.3 is 6.03 Å². The highest BCUT2D eigenvalue weighted by atomic mass is 16.2. The Balaban J connectivity index is 2.02. The van der Waals surface area contributed by atoms with Crippen LogP contribution >= 0.6 is 0 Å². The van der Waals surface area contributed by atoms with Gasteiger partial charge in [-0.05, 0) is 18.6 Å². The first-order chi connectivity index (χ1) is 11.5. The van der Waals surface area contributed by atoms with Crippen LogP contribution in [0.3, 0.4) is 0 Å². The van der Waals surface area contributed by atoms with Gasteiger partial charge < -0.3 is 4.57 Å². The highest BCUT2D eigenvalue weighted by molar-refractivity contribution is 6.31. The van der Waals surface area contributed by atoms with E-state index in [-0.39, 0.29) is 5.57 Å². The lowest BCUT2D eigenvalue weighted by Crippen LogP contribution is -2.54. The molecule has 1 aliphatic rings. The zero-order valence-corrected chi connectivity index (χ0v) is 13.7. The summed E-state index contributed by atoms with van der Waals surface area (Å²) in [6, 6.07) is 7.10. The zero-order valence-electron chi connectivity index (χ0n) is 13.7. The van der Waals surface area contributed by atoms with Gasteiger partial charge in [0.15, 0.2) is 0 Å². The lowest BCUT2D eigenvalue weighted by molar-refractivity contribution is -0.130. The number of nitrogens with one attached hydrogen (secondary N) is 1. The number of aromatic nitrogens is 1. The van der Waals surface area contributed by atoms with Crippen molar-refractivity contribution < 1.29 is 14.4 Å². The van der Waals surface area contributed by atoms with Crippen LogP contribution in [0.2, 0.25) is 0 Å². The fourth-order valence-corrected chi connectivity index (χ4v) is 2.86. The number of aryl methyl sites for hydroxylation is 1. The molecule has 0 atom stereocenters. The van der Waals surface area contributed by atoms with Gasteiger partial charge in [0.05, 0.1) is 0 Å². The molecule has 1 saturated heterocycles. The molecule has 1 aromatic carbocycles. The minimum absolute atomic E-state index is 0.0120. The summed E-state index contributed by atoms with van der Waals surface area (Å²) in [6.45, 7) is 2.28. The van der Waals surface area contributed by atoms with E-state index < -0.39 is 17.8 Å². The number of para-hydroxylation sites is 1. The predicted octanol–water partition coefficient (Wildman–Crippen LogP) is 2.44. The number of barbiturate groups is 1. The van der Waals surface area contributed by atoms with Crippen LogP contribution < -0.4 is 5.32 Å². The molecule has 0 radical (unpaired) electrons. The van der Waals surface area contributed by atoms with Gasteiger partial charge in [0, 0.05) is 36.3 Å². The van der Waals surface area contributed by atoms with Crippen molar-refractivity contribution in [2.24, 2.45) is 7.05 Å². The number of benzene rings is 1. The first-order valence-corrected chi connectivity index (χ1v) is 7.96. The average Bonchev–Trinajstić information content (AvgIpc) is 2.88. The maximum absolute atomic E-state index is 12.6. The summed E-state index contributed by atoms with van der Waals surface area (Å²) in [5, 5.41) is 3.20. The van der Waals surface area contributed by atoms with Crippen molar-refractivity contribution in [3.63, 3.8) is 0 Å². The third kappa shape index (κ3) is 2.71. The highest BCUT2D eigenvalue weighted by Crippen LogP contribution is 2.24. The number of fused-ring (bicyclic) bond motifs is 1. The SMILES string of the molecule is CCCCN1C(=O)NC(=O)C(=Cc2cn(C)c3ccccc23)C1=O. The van der Waals surface area contributed by atoms with Gasteiger partial charge in [-0.25, -0.2) is 4.79 Å². The summed E-state index contributed by atoms with van der Waals surface area (Å²) < 4.78 is 1.94. The number of hydrogen-bond donors (Lipinski definition) is 1. The standard InChI is InChI=1S/C18H19N3O3/c1-3-4-9-21-17(23)14(16(22)19-18(21)24)10-12-11-20(2)15-8-6-5-7-13(12)15/h5-8,10-11H,3-4,9H2,1-2H3,(H,19,22,24). The maximum atomic E-state index is 12.6. The van der Waals surface area contributed by atoms with Crippen LogP contribution in [-0.4, -0.2) is 33.9 Å². The molecule has 1 aliphatic heterocycles. The van der Waals surface area contributed by atoms with Crippen LogP contribution in [0.25, 0.3) is 17.0 Å². The molecule has 3 rings (SSSR count). The second kappa shape index (κ2) is 6.31. The fourth-order valence-electron chi connectivity index (χ4n) is 2.86. The predicted molar refractivity (Wildman–Crippen MR) is 91.1 cm³/mol. The summed E-state index contributed by atoms with van der Waals surface area (Å²) in [7, 11) is 1.91. The minimum atomic E-state index is -0.648. The molecule has 4 amide bonds. The van der Waals surface area contributed by atoms with Gasteiger partial charge in [-0.1, -0.05) is 31.5 Å². The van der Waals surface area contributed by atoms with Gasteiger partial charge in [0.1, 0.15) is 5.57 Å². The fraction of sp³-hybridized carbons (Fsp3) is 0.278. The van der Waals surface area contributed by atoms with E-state index in [0.717, 1.165) is 27.8 Å². The first kappa shape index (κ1) is 16.0. The number of nitrogens with zero attached hydrogens (tertiary/aromatic N) is 2. The summed E-state index contributed by atoms with van der Waals surface area (Å²) in [5.41, 5.74) is 1.77. The maximum Gasteiger partial charge on any atom is 0.331 e. The van der Waals surface area contributed by atoms with Crippen molar-refractivity contribution in [3.05, 3.63) is 41.6 Å². The van der Waals surface area contributed by atoms with E-state index in [1.165, 1.54) is 0 Å². The molecule has 1 N–H and O–H groups in total. The van der Waals surface area contributed by atoms with Crippen LogP contribution in [0.4, 0.5) is 4.79 Å². The molecule has 1 aromatic heterocycles. The monoisotopic (exact) mass is 325 g/mol. The number of rotatable bonds is 4. The van der Waals surface area contributed by atoms with Gasteiger partial charge in [-0.15, -0.1) is 0 Å². The summed E-state index contributed by atoms with van der Waals surface area (Å²) in [4.78, 5) is 37.7. The van der Waals surface area contributed by atoms with E-state index >= 15 is 0 Å². The second-order valence-electron chi connectivity index (χ2n) is 5.84. The number of unbranched alkanes of at least 4 members (excludes halogenated alkanes) is 1. The van der Waals surface area contributed by atoms with E-state index in [9.17, 15) is 14.4 Å². The molecule has 124 valence electrons. The summed E-state index contributed by atoms with van der Waals surface area (Å²) in [6.07, 6.45) is 4.98. The highest BCUT2D eigenvalue weighted by Gasteiger charge is 2.35. The average molecular weight is 325 g/mol. The van der Waals surface area contributed by atoms with Crippen LogP contribution in [-0.2, 0) is 16.6 Å². The van der Waals surface area contributed by atoms with Crippen molar-refractivity contribution >= 4 is 34.8 Å². The molecule has 0 unspecified atom stereocenters. The van der Waals surface area contributed by atoms with Crippen LogP contribution in [0.5, 0.6) is 0 Å². The Bertz CT molecular complexity index is 864. The molecule has 1 fully saturated rings. The largest absolute Gasteiger partial charge is 0.350 e. The number of urea groups is 1. The van der Waals surface area contributed by atoms with Crippen molar-refractivity contribution in [1.82, 2.24) is 14.8 Å². The van der Waals surface area contributed by atoms with Crippen molar-refractivity contribution in [2.75, 3.05) is 6.54 Å². The number of hydrogen-bond acceptors (Lipinski definition) is 3. The molecule has 6 heteroatoms. The number of imide groups is 2. The Labute approximate surface area is 139 Å². The molecule has 6 nitrogen and oxygen atoms in total. The van der Waals surface area contributed by atoms with Crippen LogP contribution in [0.1, 0.15) is 25.3 Å². The normalized spacial score (nSPS) is 17.0. The van der Waals surface area contributed by atoms with E-state index in [2.05, 4.69) is 5.32 Å². The molecular formula is C18H19N3O3. The van der Waals surface area contributed by atoms with Crippen LogP contribution in [0.15, 0.2) is 36.0 Å². The molecule has 0 spiro atoms. The first-order valence-electron chi connectivity index (χ1n) is 7.96. The van der Waals surface area contributed by atoms with E-state index in [4.69, 9.17) is 0 Å². The van der Waals surface area contributed by atoms with Gasteiger partial charge in [-0.3, -0.25) is 19.8 Å². The Morgan fingerprint density at radius 3 is 2.67 bits per heavy atom. The van der Waals surface area contributed by atoms with Gasteiger partial charge in [-0.2, -0.15) is 0 Å². The summed E-state index contributed by atoms with van der Waals surface area (Å²) >= 11 is 0. The van der Waals surface area contributed by atoms with Crippen LogP contribution in [0, 0.1) is 0 Å². The Morgan fingerprint density at radius 2 is 1.92 bits per heavy atom. The Morgan fingerprint density at radius 1 is 1.17 bits per heavy atom. The molecule has 2 heterocycles. The topological polar surface area (TPSA) is 71.4 Å². The number of amides is 4. The van der Waals surface area contributed by atoms with Crippen molar-refractivity contribution in [1.29, 1.82) is 0 Å². The molecule has 0 bridgehead atoms. The third-order valence-electron chi connectivity index (χ3n) is 4.15. The van der Waals surface area contributed by atoms with Gasteiger partial charge in [0.25, 0.3) is 11.8 Å². The van der Waals surface area contributed by atoms with E-state index in [1.807, 2.05) is 49.0 Å². The van der Waals surface area contributed by atoms with Crippen molar-refractivity contribution in [3.8, 4) is 0 Å². The zero-order chi connectivity index (χ0) is 17.3. The summed E-state index contributed by atoms with van der Waals surface area (Å²) in [5.74, 6) is -1.18. The molecule has 0 saturated carbocycles. The smallest absolute Gasteiger partial charge is 0.331 e. The number of carbonyl (C=O) groups excluding carboxylic acids is 3. The van der Waals surface area contributed by atoms with Crippen molar-refractivity contribution in [2.45, 2.75) is 19.8 Å². The lowest BCUT2D eigenvalue weighted by Gasteiger charge is -2.26. The Hall–Kier alpha value is -2.89. The van der Waals surface area contributed by atoms with E-state index in [0.29, 0.717) is 13.0 Å². The van der Waals surface area contributed by atoms with Gasteiger partial charge in [0.2, 0.25) is 0 Å².